The zero-order valence-electron chi connectivity index (χ0n) is 14.9. The second kappa shape index (κ2) is 8.28. The van der Waals surface area contributed by atoms with E-state index in [1.54, 1.807) is 0 Å². The standard InChI is InChI=1S/C18H21N3O4S2/c1-27(24,25)16-5-6-17(18(12-16)21(22)23)19-15-4-2-3-14(11-15)13-20-7-9-26-10-8-20/h2-6,11-12,19H,7-10,13H2,1H3. The highest BCUT2D eigenvalue weighted by Gasteiger charge is 2.19. The number of nitrogens with zero attached hydrogens (tertiary/aromatic N) is 2. The van der Waals surface area contributed by atoms with Gasteiger partial charge in [0.05, 0.1) is 9.82 Å². The predicted octanol–water partition coefficient (Wildman–Crippen LogP) is 3.29. The molecule has 0 aromatic heterocycles. The van der Waals surface area contributed by atoms with Crippen molar-refractivity contribution in [1.82, 2.24) is 4.90 Å². The molecule has 0 atom stereocenters. The van der Waals surface area contributed by atoms with Crippen LogP contribution < -0.4 is 5.32 Å². The van der Waals surface area contributed by atoms with E-state index in [-0.39, 0.29) is 16.3 Å². The van der Waals surface area contributed by atoms with Crippen LogP contribution in [0.5, 0.6) is 0 Å². The van der Waals surface area contributed by atoms with E-state index in [0.717, 1.165) is 54.7 Å². The number of hydrogen-bond acceptors (Lipinski definition) is 7. The number of nitro groups is 1. The number of nitro benzene ring substituents is 1. The van der Waals surface area contributed by atoms with Crippen LogP contribution in [0.4, 0.5) is 17.1 Å². The summed E-state index contributed by atoms with van der Waals surface area (Å²) in [5, 5.41) is 14.4. The van der Waals surface area contributed by atoms with Crippen LogP contribution in [0.25, 0.3) is 0 Å². The summed E-state index contributed by atoms with van der Waals surface area (Å²) in [4.78, 5) is 13.1. The molecule has 0 saturated carbocycles. The van der Waals surface area contributed by atoms with Gasteiger partial charge in [0.2, 0.25) is 0 Å². The first-order valence-corrected chi connectivity index (χ1v) is 11.5. The van der Waals surface area contributed by atoms with Crippen molar-refractivity contribution >= 4 is 38.7 Å². The molecule has 144 valence electrons. The number of sulfone groups is 1. The van der Waals surface area contributed by atoms with Crippen molar-refractivity contribution in [2.45, 2.75) is 11.4 Å². The Balaban J connectivity index is 1.82. The van der Waals surface area contributed by atoms with E-state index < -0.39 is 14.8 Å². The molecule has 1 aliphatic heterocycles. The van der Waals surface area contributed by atoms with Gasteiger partial charge in [-0.25, -0.2) is 8.42 Å². The molecule has 2 aromatic rings. The molecule has 1 aliphatic rings. The van der Waals surface area contributed by atoms with E-state index in [1.807, 2.05) is 36.0 Å². The topological polar surface area (TPSA) is 92.6 Å². The molecule has 27 heavy (non-hydrogen) atoms. The maximum Gasteiger partial charge on any atom is 0.293 e. The lowest BCUT2D eigenvalue weighted by atomic mass is 10.1. The molecule has 1 fully saturated rings. The number of hydrogen-bond donors (Lipinski definition) is 1. The minimum absolute atomic E-state index is 0.0727. The van der Waals surface area contributed by atoms with Gasteiger partial charge in [0.1, 0.15) is 5.69 Å². The average molecular weight is 408 g/mol. The number of rotatable bonds is 6. The fourth-order valence-electron chi connectivity index (χ4n) is 2.92. The lowest BCUT2D eigenvalue weighted by Gasteiger charge is -2.26. The summed E-state index contributed by atoms with van der Waals surface area (Å²) >= 11 is 1.96. The van der Waals surface area contributed by atoms with E-state index >= 15 is 0 Å². The van der Waals surface area contributed by atoms with E-state index in [0.29, 0.717) is 0 Å². The van der Waals surface area contributed by atoms with Crippen LogP contribution in [0.1, 0.15) is 5.56 Å². The van der Waals surface area contributed by atoms with Gasteiger partial charge in [-0.3, -0.25) is 15.0 Å². The molecule has 0 unspecified atom stereocenters. The van der Waals surface area contributed by atoms with Gasteiger partial charge < -0.3 is 5.32 Å². The van der Waals surface area contributed by atoms with Gasteiger partial charge in [-0.15, -0.1) is 0 Å². The molecule has 1 saturated heterocycles. The third-order valence-electron chi connectivity index (χ3n) is 4.31. The normalized spacial score (nSPS) is 15.4. The van der Waals surface area contributed by atoms with E-state index in [1.165, 1.54) is 12.1 Å². The Hall–Kier alpha value is -2.10. The molecule has 0 bridgehead atoms. The van der Waals surface area contributed by atoms with Crippen LogP contribution in [0.3, 0.4) is 0 Å². The van der Waals surface area contributed by atoms with Gasteiger partial charge in [0.25, 0.3) is 5.69 Å². The Morgan fingerprint density at radius 2 is 1.93 bits per heavy atom. The molecule has 1 heterocycles. The smallest absolute Gasteiger partial charge is 0.293 e. The SMILES string of the molecule is CS(=O)(=O)c1ccc(Nc2cccc(CN3CCSCC3)c2)c([N+](=O)[O-])c1. The predicted molar refractivity (Wildman–Crippen MR) is 109 cm³/mol. The summed E-state index contributed by atoms with van der Waals surface area (Å²) in [5.74, 6) is 2.27. The minimum Gasteiger partial charge on any atom is -0.350 e. The second-order valence-electron chi connectivity index (χ2n) is 6.42. The quantitative estimate of drug-likeness (QED) is 0.580. The van der Waals surface area contributed by atoms with Gasteiger partial charge >= 0.3 is 0 Å². The monoisotopic (exact) mass is 407 g/mol. The van der Waals surface area contributed by atoms with Gasteiger partial charge in [0.15, 0.2) is 9.84 Å². The van der Waals surface area contributed by atoms with Gasteiger partial charge in [-0.05, 0) is 29.8 Å². The Morgan fingerprint density at radius 1 is 1.19 bits per heavy atom. The third kappa shape index (κ3) is 5.21. The minimum atomic E-state index is -3.51. The maximum absolute atomic E-state index is 11.7. The fourth-order valence-corrected chi connectivity index (χ4v) is 4.54. The molecule has 0 radical (unpaired) electrons. The Kier molecular flexibility index (Phi) is 6.03. The van der Waals surface area contributed by atoms with Crippen molar-refractivity contribution in [3.63, 3.8) is 0 Å². The van der Waals surface area contributed by atoms with Crippen molar-refractivity contribution < 1.29 is 13.3 Å². The zero-order chi connectivity index (χ0) is 19.4. The molecule has 9 heteroatoms. The van der Waals surface area contributed by atoms with Gasteiger partial charge in [0, 0.05) is 49.1 Å². The van der Waals surface area contributed by atoms with Crippen LogP contribution >= 0.6 is 11.8 Å². The van der Waals surface area contributed by atoms with E-state index in [4.69, 9.17) is 0 Å². The van der Waals surface area contributed by atoms with E-state index in [2.05, 4.69) is 10.2 Å². The van der Waals surface area contributed by atoms with Crippen LogP contribution in [0, 0.1) is 10.1 Å². The number of benzene rings is 2. The third-order valence-corrected chi connectivity index (χ3v) is 6.36. The van der Waals surface area contributed by atoms with Crippen molar-refractivity contribution in [2.75, 3.05) is 36.2 Å². The van der Waals surface area contributed by atoms with Crippen molar-refractivity contribution in [3.8, 4) is 0 Å². The molecular formula is C18H21N3O4S2. The summed E-state index contributed by atoms with van der Waals surface area (Å²) in [6, 6.07) is 11.6. The molecule has 7 nitrogen and oxygen atoms in total. The highest BCUT2D eigenvalue weighted by molar-refractivity contribution is 7.99. The number of thioether (sulfide) groups is 1. The van der Waals surface area contributed by atoms with Crippen LogP contribution in [-0.4, -0.2) is 49.1 Å². The summed E-state index contributed by atoms with van der Waals surface area (Å²) in [5.41, 5.74) is 1.85. The molecular weight excluding hydrogens is 386 g/mol. The number of nitrogens with one attached hydrogen (secondary N) is 1. The lowest BCUT2D eigenvalue weighted by Crippen LogP contribution is -2.31. The van der Waals surface area contributed by atoms with Gasteiger partial charge in [-0.2, -0.15) is 11.8 Å². The first kappa shape index (κ1) is 19.7. The van der Waals surface area contributed by atoms with Crippen molar-refractivity contribution in [1.29, 1.82) is 0 Å². The van der Waals surface area contributed by atoms with E-state index in [9.17, 15) is 18.5 Å². The number of anilines is 2. The molecule has 1 N–H and O–H groups in total. The van der Waals surface area contributed by atoms with Gasteiger partial charge in [-0.1, -0.05) is 12.1 Å². The Labute approximate surface area is 162 Å². The summed E-state index contributed by atoms with van der Waals surface area (Å²) in [6.45, 7) is 2.95. The average Bonchev–Trinajstić information content (AvgIpc) is 2.62. The highest BCUT2D eigenvalue weighted by atomic mass is 32.2. The summed E-state index contributed by atoms with van der Waals surface area (Å²) in [7, 11) is -3.51. The zero-order valence-corrected chi connectivity index (χ0v) is 16.6. The van der Waals surface area contributed by atoms with Crippen molar-refractivity contribution in [2.24, 2.45) is 0 Å². The lowest BCUT2D eigenvalue weighted by molar-refractivity contribution is -0.384. The van der Waals surface area contributed by atoms with Crippen LogP contribution in [-0.2, 0) is 16.4 Å². The Morgan fingerprint density at radius 3 is 2.59 bits per heavy atom. The first-order valence-electron chi connectivity index (χ1n) is 8.47. The van der Waals surface area contributed by atoms with Crippen LogP contribution in [0.2, 0.25) is 0 Å². The molecule has 2 aromatic carbocycles. The molecule has 3 rings (SSSR count). The second-order valence-corrected chi connectivity index (χ2v) is 9.66. The van der Waals surface area contributed by atoms with Crippen LogP contribution in [0.15, 0.2) is 47.4 Å². The summed E-state index contributed by atoms with van der Waals surface area (Å²) in [6.07, 6.45) is 1.03. The largest absolute Gasteiger partial charge is 0.350 e. The summed E-state index contributed by atoms with van der Waals surface area (Å²) < 4.78 is 23.3. The molecule has 0 spiro atoms. The fraction of sp³-hybridized carbons (Fsp3) is 0.333. The molecule has 0 aliphatic carbocycles. The first-order chi connectivity index (χ1) is 12.8. The van der Waals surface area contributed by atoms with Crippen molar-refractivity contribution in [3.05, 3.63) is 58.1 Å². The molecule has 0 amide bonds. The highest BCUT2D eigenvalue weighted by Crippen LogP contribution is 2.30. The maximum atomic E-state index is 11.7. The Bertz CT molecular complexity index is 941.